The van der Waals surface area contributed by atoms with Crippen molar-refractivity contribution in [2.45, 2.75) is 37.7 Å². The van der Waals surface area contributed by atoms with Gasteiger partial charge in [0.15, 0.2) is 0 Å². The Kier molecular flexibility index (Phi) is 4.05. The average Bonchev–Trinajstić information content (AvgIpc) is 2.09. The zero-order valence-electron chi connectivity index (χ0n) is 9.58. The first-order valence-corrected chi connectivity index (χ1v) is 6.08. The van der Waals surface area contributed by atoms with Crippen molar-refractivity contribution in [3.8, 4) is 0 Å². The van der Waals surface area contributed by atoms with Crippen LogP contribution in [-0.4, -0.2) is 16.5 Å². The van der Waals surface area contributed by atoms with Gasteiger partial charge in [0, 0.05) is 16.3 Å². The van der Waals surface area contributed by atoms with E-state index in [2.05, 4.69) is 13.0 Å². The van der Waals surface area contributed by atoms with Crippen molar-refractivity contribution in [3.63, 3.8) is 0 Å². The third-order valence-corrected chi connectivity index (χ3v) is 3.21. The molecule has 3 heteroatoms. The van der Waals surface area contributed by atoms with E-state index < -0.39 is 5.60 Å². The van der Waals surface area contributed by atoms with Gasteiger partial charge in [0.05, 0.1) is 5.60 Å². The monoisotopic (exact) mass is 225 g/mol. The summed E-state index contributed by atoms with van der Waals surface area (Å²) < 4.78 is 0. The standard InChI is InChI=1S/C12H19NOS/c1-9-4-5-10(13)11(8-9)15-7-6-12(2,3)14/h4-5,8,14H,6-7,13H2,1-3H3. The molecule has 0 bridgehead atoms. The van der Waals surface area contributed by atoms with Crippen LogP contribution >= 0.6 is 11.8 Å². The zero-order chi connectivity index (χ0) is 11.5. The number of nitrogen functional groups attached to an aromatic ring is 1. The molecule has 0 radical (unpaired) electrons. The molecule has 0 spiro atoms. The molecule has 1 aromatic rings. The number of thioether (sulfide) groups is 1. The minimum absolute atomic E-state index is 0.592. The fourth-order valence-corrected chi connectivity index (χ4v) is 2.50. The summed E-state index contributed by atoms with van der Waals surface area (Å²) in [6.07, 6.45) is 0.769. The van der Waals surface area contributed by atoms with Crippen LogP contribution in [0.15, 0.2) is 23.1 Å². The van der Waals surface area contributed by atoms with E-state index >= 15 is 0 Å². The Morgan fingerprint density at radius 3 is 2.67 bits per heavy atom. The third kappa shape index (κ3) is 4.58. The molecular weight excluding hydrogens is 206 g/mol. The van der Waals surface area contributed by atoms with Crippen molar-refractivity contribution in [2.75, 3.05) is 11.5 Å². The molecule has 0 unspecified atom stereocenters. The summed E-state index contributed by atoms with van der Waals surface area (Å²) in [4.78, 5) is 1.11. The summed E-state index contributed by atoms with van der Waals surface area (Å²) in [7, 11) is 0. The summed E-state index contributed by atoms with van der Waals surface area (Å²) in [5, 5.41) is 9.57. The highest BCUT2D eigenvalue weighted by Crippen LogP contribution is 2.27. The molecule has 0 aliphatic heterocycles. The van der Waals surface area contributed by atoms with Gasteiger partial charge in [0.25, 0.3) is 0 Å². The van der Waals surface area contributed by atoms with Gasteiger partial charge in [-0.3, -0.25) is 0 Å². The normalized spacial score (nSPS) is 11.7. The predicted octanol–water partition coefficient (Wildman–Crippen LogP) is 2.83. The number of aryl methyl sites for hydroxylation is 1. The van der Waals surface area contributed by atoms with Gasteiger partial charge in [-0.05, 0) is 44.9 Å². The molecule has 1 aromatic carbocycles. The quantitative estimate of drug-likeness (QED) is 0.612. The number of aliphatic hydroxyl groups is 1. The Labute approximate surface area is 95.9 Å². The number of anilines is 1. The van der Waals surface area contributed by atoms with E-state index in [1.165, 1.54) is 5.56 Å². The molecule has 2 nitrogen and oxygen atoms in total. The van der Waals surface area contributed by atoms with Gasteiger partial charge in [0.2, 0.25) is 0 Å². The second-order valence-electron chi connectivity index (χ2n) is 4.45. The molecule has 3 N–H and O–H groups in total. The third-order valence-electron chi connectivity index (χ3n) is 2.14. The van der Waals surface area contributed by atoms with Crippen molar-refractivity contribution in [3.05, 3.63) is 23.8 Å². The molecule has 0 atom stereocenters. The molecule has 15 heavy (non-hydrogen) atoms. The topological polar surface area (TPSA) is 46.2 Å². The number of hydrogen-bond acceptors (Lipinski definition) is 3. The van der Waals surface area contributed by atoms with E-state index in [9.17, 15) is 5.11 Å². The van der Waals surface area contributed by atoms with Crippen LogP contribution in [0.4, 0.5) is 5.69 Å². The van der Waals surface area contributed by atoms with E-state index in [4.69, 9.17) is 5.73 Å². The minimum Gasteiger partial charge on any atom is -0.398 e. The largest absolute Gasteiger partial charge is 0.398 e. The first-order chi connectivity index (χ1) is 6.88. The van der Waals surface area contributed by atoms with Crippen LogP contribution < -0.4 is 5.73 Å². The van der Waals surface area contributed by atoms with Crippen LogP contribution in [0.1, 0.15) is 25.8 Å². The lowest BCUT2D eigenvalue weighted by Crippen LogP contribution is -2.19. The van der Waals surface area contributed by atoms with Crippen molar-refractivity contribution in [2.24, 2.45) is 0 Å². The highest BCUT2D eigenvalue weighted by atomic mass is 32.2. The second kappa shape index (κ2) is 4.90. The molecule has 84 valence electrons. The van der Waals surface area contributed by atoms with Gasteiger partial charge in [0.1, 0.15) is 0 Å². The van der Waals surface area contributed by atoms with Gasteiger partial charge in [-0.25, -0.2) is 0 Å². The lowest BCUT2D eigenvalue weighted by Gasteiger charge is -2.16. The number of benzene rings is 1. The maximum atomic E-state index is 9.57. The number of rotatable bonds is 4. The molecule has 1 rings (SSSR count). The molecule has 0 amide bonds. The molecule has 0 aliphatic carbocycles. The van der Waals surface area contributed by atoms with Gasteiger partial charge in [-0.15, -0.1) is 11.8 Å². The van der Waals surface area contributed by atoms with Crippen LogP contribution in [-0.2, 0) is 0 Å². The molecule has 0 fully saturated rings. The van der Waals surface area contributed by atoms with Crippen molar-refractivity contribution < 1.29 is 5.11 Å². The summed E-state index contributed by atoms with van der Waals surface area (Å²) in [6.45, 7) is 5.71. The van der Waals surface area contributed by atoms with Crippen LogP contribution in [0, 0.1) is 6.92 Å². The van der Waals surface area contributed by atoms with Gasteiger partial charge in [-0.1, -0.05) is 6.07 Å². The van der Waals surface area contributed by atoms with Crippen LogP contribution in [0.5, 0.6) is 0 Å². The zero-order valence-corrected chi connectivity index (χ0v) is 10.4. The Hall–Kier alpha value is -0.670. The Morgan fingerprint density at radius 1 is 1.40 bits per heavy atom. The SMILES string of the molecule is Cc1ccc(N)c(SCCC(C)(C)O)c1. The number of hydrogen-bond donors (Lipinski definition) is 2. The Bertz CT molecular complexity index is 331. The van der Waals surface area contributed by atoms with E-state index in [-0.39, 0.29) is 0 Å². The van der Waals surface area contributed by atoms with Crippen molar-refractivity contribution in [1.82, 2.24) is 0 Å². The first-order valence-electron chi connectivity index (χ1n) is 5.10. The fraction of sp³-hybridized carbons (Fsp3) is 0.500. The molecule has 0 aliphatic rings. The Balaban J connectivity index is 2.54. The fourth-order valence-electron chi connectivity index (χ4n) is 1.18. The van der Waals surface area contributed by atoms with Crippen molar-refractivity contribution >= 4 is 17.4 Å². The van der Waals surface area contributed by atoms with Gasteiger partial charge < -0.3 is 10.8 Å². The molecule has 0 saturated carbocycles. The minimum atomic E-state index is -0.592. The second-order valence-corrected chi connectivity index (χ2v) is 5.59. The van der Waals surface area contributed by atoms with Crippen molar-refractivity contribution in [1.29, 1.82) is 0 Å². The predicted molar refractivity (Wildman–Crippen MR) is 67.2 cm³/mol. The summed E-state index contributed by atoms with van der Waals surface area (Å²) in [5.74, 6) is 0.886. The van der Waals surface area contributed by atoms with E-state index in [0.29, 0.717) is 0 Å². The molecule has 0 aromatic heterocycles. The molecule has 0 saturated heterocycles. The molecular formula is C12H19NOS. The summed E-state index contributed by atoms with van der Waals surface area (Å²) >= 11 is 1.70. The van der Waals surface area contributed by atoms with Crippen LogP contribution in [0.25, 0.3) is 0 Å². The molecule has 0 heterocycles. The summed E-state index contributed by atoms with van der Waals surface area (Å²) in [5.41, 5.74) is 7.30. The summed E-state index contributed by atoms with van der Waals surface area (Å²) in [6, 6.07) is 6.03. The number of nitrogens with two attached hydrogens (primary N) is 1. The lowest BCUT2D eigenvalue weighted by atomic mass is 10.1. The average molecular weight is 225 g/mol. The van der Waals surface area contributed by atoms with E-state index in [1.54, 1.807) is 11.8 Å². The van der Waals surface area contributed by atoms with Gasteiger partial charge >= 0.3 is 0 Å². The highest BCUT2D eigenvalue weighted by Gasteiger charge is 2.12. The van der Waals surface area contributed by atoms with E-state index in [1.807, 2.05) is 26.0 Å². The maximum absolute atomic E-state index is 9.57. The van der Waals surface area contributed by atoms with Crippen LogP contribution in [0.3, 0.4) is 0 Å². The lowest BCUT2D eigenvalue weighted by molar-refractivity contribution is 0.0778. The first kappa shape index (κ1) is 12.4. The Morgan fingerprint density at radius 2 is 2.07 bits per heavy atom. The van der Waals surface area contributed by atoms with Crippen LogP contribution in [0.2, 0.25) is 0 Å². The maximum Gasteiger partial charge on any atom is 0.0599 e. The highest BCUT2D eigenvalue weighted by molar-refractivity contribution is 7.99. The van der Waals surface area contributed by atoms with E-state index in [0.717, 1.165) is 22.8 Å². The smallest absolute Gasteiger partial charge is 0.0599 e. The van der Waals surface area contributed by atoms with Gasteiger partial charge in [-0.2, -0.15) is 0 Å².